The predicted molar refractivity (Wildman–Crippen MR) is 81.9 cm³/mol. The molecule has 1 aliphatic heterocycles. The number of ether oxygens (including phenoxy) is 1. The van der Waals surface area contributed by atoms with Gasteiger partial charge in [0.2, 0.25) is 5.90 Å². The molecule has 1 N–H and O–H groups in total. The lowest BCUT2D eigenvalue weighted by molar-refractivity contribution is -0.138. The van der Waals surface area contributed by atoms with Gasteiger partial charge in [0.1, 0.15) is 0 Å². The van der Waals surface area contributed by atoms with Crippen LogP contribution in [0.2, 0.25) is 0 Å². The van der Waals surface area contributed by atoms with E-state index >= 15 is 0 Å². The molecule has 0 saturated carbocycles. The Hall–Kier alpha value is -1.33. The number of rotatable bonds is 5. The molecular formula is C15H20N2O2S. The zero-order valence-electron chi connectivity index (χ0n) is 12.3. The quantitative estimate of drug-likeness (QED) is 0.669. The summed E-state index contributed by atoms with van der Waals surface area (Å²) >= 11 is 1.59. The van der Waals surface area contributed by atoms with Crippen LogP contribution in [0.3, 0.4) is 0 Å². The smallest absolute Gasteiger partial charge is 0.340 e. The largest absolute Gasteiger partial charge is 0.405 e. The second kappa shape index (κ2) is 5.97. The molecule has 5 heteroatoms. The Kier molecular flexibility index (Phi) is 4.50. The van der Waals surface area contributed by atoms with Gasteiger partial charge in [-0.2, -0.15) is 0 Å². The van der Waals surface area contributed by atoms with Crippen molar-refractivity contribution in [3.05, 3.63) is 29.8 Å². The minimum absolute atomic E-state index is 0.269. The summed E-state index contributed by atoms with van der Waals surface area (Å²) in [5.74, 6) is 0.155. The summed E-state index contributed by atoms with van der Waals surface area (Å²) in [4.78, 5) is 17.3. The molecule has 0 fully saturated rings. The van der Waals surface area contributed by atoms with Crippen molar-refractivity contribution in [2.24, 2.45) is 4.99 Å². The number of carbonyl (C=O) groups is 1. The van der Waals surface area contributed by atoms with Gasteiger partial charge in [-0.1, -0.05) is 6.92 Å². The van der Waals surface area contributed by atoms with Crippen molar-refractivity contribution >= 4 is 23.8 Å². The van der Waals surface area contributed by atoms with Gasteiger partial charge >= 0.3 is 5.97 Å². The number of esters is 1. The molecule has 1 aromatic rings. The summed E-state index contributed by atoms with van der Waals surface area (Å²) in [7, 11) is 0. The summed E-state index contributed by atoms with van der Waals surface area (Å²) in [6.45, 7) is 7.93. The van der Waals surface area contributed by atoms with E-state index in [1.165, 1.54) is 0 Å². The Morgan fingerprint density at radius 1 is 1.35 bits per heavy atom. The van der Waals surface area contributed by atoms with Gasteiger partial charge in [-0.3, -0.25) is 4.72 Å². The fourth-order valence-corrected chi connectivity index (χ4v) is 2.33. The molecular weight excluding hydrogens is 272 g/mol. The average Bonchev–Trinajstić information content (AvgIpc) is 2.74. The molecule has 0 bridgehead atoms. The number of hydrogen-bond acceptors (Lipinski definition) is 5. The van der Waals surface area contributed by atoms with E-state index in [0.29, 0.717) is 18.4 Å². The van der Waals surface area contributed by atoms with Gasteiger partial charge in [0.25, 0.3) is 0 Å². The van der Waals surface area contributed by atoms with E-state index < -0.39 is 5.54 Å². The number of benzene rings is 1. The number of nitrogens with zero attached hydrogens (tertiary/aromatic N) is 1. The molecule has 1 aliphatic rings. The lowest BCUT2D eigenvalue weighted by Gasteiger charge is -2.11. The van der Waals surface area contributed by atoms with Crippen LogP contribution in [-0.2, 0) is 9.53 Å². The Morgan fingerprint density at radius 3 is 2.50 bits per heavy atom. The normalized spacial score (nSPS) is 22.1. The highest BCUT2D eigenvalue weighted by molar-refractivity contribution is 7.97. The zero-order valence-corrected chi connectivity index (χ0v) is 13.1. The van der Waals surface area contributed by atoms with Crippen molar-refractivity contribution in [1.82, 2.24) is 4.72 Å². The number of aliphatic imine (C=N–C) groups is 1. The van der Waals surface area contributed by atoms with E-state index in [-0.39, 0.29) is 5.97 Å². The Balaban J connectivity index is 2.11. The third-order valence-electron chi connectivity index (χ3n) is 3.18. The van der Waals surface area contributed by atoms with Crippen LogP contribution in [0.15, 0.2) is 34.2 Å². The monoisotopic (exact) mass is 292 g/mol. The van der Waals surface area contributed by atoms with E-state index in [0.717, 1.165) is 10.5 Å². The maximum Gasteiger partial charge on any atom is 0.340 e. The third kappa shape index (κ3) is 3.22. The first-order valence-electron chi connectivity index (χ1n) is 6.79. The SMILES string of the molecule is CCC1(C)N=C(c2ccc(SNC(C)C)cc2)OC1=O. The summed E-state index contributed by atoms with van der Waals surface area (Å²) < 4.78 is 8.56. The molecule has 4 nitrogen and oxygen atoms in total. The van der Waals surface area contributed by atoms with Crippen molar-refractivity contribution in [3.63, 3.8) is 0 Å². The molecule has 1 unspecified atom stereocenters. The van der Waals surface area contributed by atoms with E-state index in [1.54, 1.807) is 18.9 Å². The maximum absolute atomic E-state index is 11.8. The van der Waals surface area contributed by atoms with Gasteiger partial charge in [0.05, 0.1) is 0 Å². The van der Waals surface area contributed by atoms with Crippen LogP contribution in [-0.4, -0.2) is 23.4 Å². The molecule has 0 aliphatic carbocycles. The lowest BCUT2D eigenvalue weighted by Crippen LogP contribution is -2.28. The van der Waals surface area contributed by atoms with Crippen LogP contribution < -0.4 is 4.72 Å². The Morgan fingerprint density at radius 2 is 2.00 bits per heavy atom. The van der Waals surface area contributed by atoms with E-state index in [4.69, 9.17) is 4.74 Å². The molecule has 0 saturated heterocycles. The molecule has 2 rings (SSSR count). The van der Waals surface area contributed by atoms with Crippen LogP contribution in [0, 0.1) is 0 Å². The molecule has 1 heterocycles. The first kappa shape index (κ1) is 15.1. The molecule has 0 radical (unpaired) electrons. The Labute approximate surface area is 124 Å². The van der Waals surface area contributed by atoms with E-state index in [2.05, 4.69) is 23.6 Å². The van der Waals surface area contributed by atoms with Gasteiger partial charge in [0.15, 0.2) is 5.54 Å². The maximum atomic E-state index is 11.8. The van der Waals surface area contributed by atoms with Gasteiger partial charge in [0, 0.05) is 16.5 Å². The lowest BCUT2D eigenvalue weighted by atomic mass is 10.0. The first-order valence-corrected chi connectivity index (χ1v) is 7.61. The highest BCUT2D eigenvalue weighted by Gasteiger charge is 2.40. The molecule has 20 heavy (non-hydrogen) atoms. The fourth-order valence-electron chi connectivity index (χ4n) is 1.69. The minimum Gasteiger partial charge on any atom is -0.405 e. The van der Waals surface area contributed by atoms with Gasteiger partial charge in [-0.05, 0) is 63.4 Å². The van der Waals surface area contributed by atoms with Gasteiger partial charge < -0.3 is 4.74 Å². The predicted octanol–water partition coefficient (Wildman–Crippen LogP) is 3.16. The molecule has 0 spiro atoms. The van der Waals surface area contributed by atoms with Gasteiger partial charge in [-0.25, -0.2) is 9.79 Å². The second-order valence-corrected chi connectivity index (χ2v) is 6.24. The van der Waals surface area contributed by atoms with Crippen molar-refractivity contribution in [2.75, 3.05) is 0 Å². The van der Waals surface area contributed by atoms with Crippen LogP contribution in [0.25, 0.3) is 0 Å². The summed E-state index contributed by atoms with van der Waals surface area (Å²) in [6, 6.07) is 8.27. The number of cyclic esters (lactones) is 1. The fraction of sp³-hybridized carbons (Fsp3) is 0.467. The summed E-state index contributed by atoms with van der Waals surface area (Å²) in [5.41, 5.74) is 0.103. The number of hydrogen-bond donors (Lipinski definition) is 1. The van der Waals surface area contributed by atoms with E-state index in [1.807, 2.05) is 31.2 Å². The molecule has 108 valence electrons. The highest BCUT2D eigenvalue weighted by atomic mass is 32.2. The molecule has 1 atom stereocenters. The van der Waals surface area contributed by atoms with Crippen molar-refractivity contribution in [3.8, 4) is 0 Å². The number of nitrogens with one attached hydrogen (secondary N) is 1. The summed E-state index contributed by atoms with van der Waals surface area (Å²) in [6.07, 6.45) is 0.640. The second-order valence-electron chi connectivity index (χ2n) is 5.33. The van der Waals surface area contributed by atoms with Crippen molar-refractivity contribution in [2.45, 2.75) is 50.6 Å². The Bertz CT molecular complexity index is 525. The van der Waals surface area contributed by atoms with E-state index in [9.17, 15) is 4.79 Å². The first-order chi connectivity index (χ1) is 9.44. The van der Waals surface area contributed by atoms with Crippen LogP contribution >= 0.6 is 11.9 Å². The van der Waals surface area contributed by atoms with Crippen molar-refractivity contribution < 1.29 is 9.53 Å². The van der Waals surface area contributed by atoms with Crippen molar-refractivity contribution in [1.29, 1.82) is 0 Å². The third-order valence-corrected chi connectivity index (χ3v) is 4.28. The van der Waals surface area contributed by atoms with Crippen LogP contribution in [0.1, 0.15) is 39.7 Å². The highest BCUT2D eigenvalue weighted by Crippen LogP contribution is 2.26. The molecule has 0 amide bonds. The average molecular weight is 292 g/mol. The standard InChI is InChI=1S/C15H20N2O2S/c1-5-15(4)14(18)19-13(16-15)11-6-8-12(9-7-11)20-17-10(2)3/h6-10,17H,5H2,1-4H3. The summed E-state index contributed by atoms with van der Waals surface area (Å²) in [5, 5.41) is 0. The van der Waals surface area contributed by atoms with Gasteiger partial charge in [-0.15, -0.1) is 0 Å². The zero-order chi connectivity index (χ0) is 14.8. The minimum atomic E-state index is -0.734. The molecule has 0 aromatic heterocycles. The molecule has 1 aromatic carbocycles. The topological polar surface area (TPSA) is 50.7 Å². The van der Waals surface area contributed by atoms with Crippen LogP contribution in [0.4, 0.5) is 0 Å². The van der Waals surface area contributed by atoms with Crippen LogP contribution in [0.5, 0.6) is 0 Å². The number of carbonyl (C=O) groups excluding carboxylic acids is 1.